The van der Waals surface area contributed by atoms with Gasteiger partial charge < -0.3 is 54.3 Å². The summed E-state index contributed by atoms with van der Waals surface area (Å²) in [5.74, 6) is 2.80. The number of fused-ring (bicyclic) bond motifs is 1. The van der Waals surface area contributed by atoms with Crippen molar-refractivity contribution < 1.29 is 33.6 Å². The SMILES string of the molecule is CC(C)N1CC2(CCCOC2)C1.CC(C)N1CC2(CNC(=O)C2)C1.CC(C)N1CC2C(CO)C2C1.CC(C)N1CCC2(CC1)COC2.CC(C)N1CCC2(CCOC2)CC1.CC(C)N1CCC2(CNC(=O)C2)C1.CC(C)N1CCCC2(CCCO2)C1. The Balaban J connectivity index is 0.000000130. The van der Waals surface area contributed by atoms with Gasteiger partial charge in [-0.25, -0.2) is 0 Å². The Morgan fingerprint density at radius 2 is 0.826 bits per heavy atom. The molecule has 6 spiro atoms. The maximum Gasteiger partial charge on any atom is 0.220 e. The fraction of sp³-hybridized carbons (Fsp3) is 0.971. The number of likely N-dealkylation sites (tertiary alicyclic amines) is 7. The summed E-state index contributed by atoms with van der Waals surface area (Å²) in [6.45, 7) is 57.9. The number of rotatable bonds is 8. The van der Waals surface area contributed by atoms with Crippen molar-refractivity contribution in [2.75, 3.05) is 158 Å². The first-order valence-electron chi connectivity index (χ1n) is 35.5. The third-order valence-corrected chi connectivity index (χ3v) is 23.6. The van der Waals surface area contributed by atoms with E-state index in [1.54, 1.807) is 0 Å². The number of hydrogen-bond donors (Lipinski definition) is 3. The van der Waals surface area contributed by atoms with Crippen LogP contribution in [0.5, 0.6) is 0 Å². The molecule has 2 amide bonds. The van der Waals surface area contributed by atoms with Crippen LogP contribution in [0.3, 0.4) is 0 Å². The number of piperidine rings is 4. The van der Waals surface area contributed by atoms with Crippen LogP contribution in [0.25, 0.3) is 0 Å². The monoisotopic (exact) mass is 1210 g/mol. The summed E-state index contributed by atoms with van der Waals surface area (Å²) in [7, 11) is 0. The second kappa shape index (κ2) is 30.9. The second-order valence-electron chi connectivity index (χ2n) is 32.5. The summed E-state index contributed by atoms with van der Waals surface area (Å²) >= 11 is 0. The van der Waals surface area contributed by atoms with Crippen molar-refractivity contribution in [1.29, 1.82) is 0 Å². The van der Waals surface area contributed by atoms with E-state index >= 15 is 0 Å². The van der Waals surface area contributed by atoms with Crippen LogP contribution in [0.15, 0.2) is 0 Å². The van der Waals surface area contributed by atoms with Crippen molar-refractivity contribution in [3.8, 4) is 0 Å². The lowest BCUT2D eigenvalue weighted by Gasteiger charge is -2.53. The van der Waals surface area contributed by atoms with E-state index < -0.39 is 0 Å². The molecule has 3 N–H and O–H groups in total. The van der Waals surface area contributed by atoms with Gasteiger partial charge in [0, 0.05) is 169 Å². The van der Waals surface area contributed by atoms with Crippen LogP contribution in [0.2, 0.25) is 0 Å². The van der Waals surface area contributed by atoms with Gasteiger partial charge in [-0.2, -0.15) is 0 Å². The van der Waals surface area contributed by atoms with Gasteiger partial charge >= 0.3 is 0 Å². The second-order valence-corrected chi connectivity index (χ2v) is 32.5. The van der Waals surface area contributed by atoms with Crippen LogP contribution in [0.4, 0.5) is 0 Å². The third-order valence-electron chi connectivity index (χ3n) is 23.6. The highest BCUT2D eigenvalue weighted by Gasteiger charge is 2.55. The van der Waals surface area contributed by atoms with Gasteiger partial charge in [-0.05, 0) is 236 Å². The molecule has 0 aromatic heterocycles. The molecule has 0 aromatic rings. The molecule has 16 heteroatoms. The first-order chi connectivity index (χ1) is 40.8. The first-order valence-corrected chi connectivity index (χ1v) is 35.5. The minimum absolute atomic E-state index is 0.235. The number of ether oxygens (including phenoxy) is 4. The number of amides is 2. The first kappa shape index (κ1) is 70.3. The molecule has 13 saturated heterocycles. The molecule has 0 radical (unpaired) electrons. The molecule has 14 rings (SSSR count). The van der Waals surface area contributed by atoms with Crippen LogP contribution in [-0.2, 0) is 28.5 Å². The Kier molecular flexibility index (Phi) is 25.3. The van der Waals surface area contributed by atoms with Crippen LogP contribution >= 0.6 is 0 Å². The van der Waals surface area contributed by atoms with Crippen molar-refractivity contribution in [2.45, 2.75) is 235 Å². The van der Waals surface area contributed by atoms with Gasteiger partial charge in [-0.15, -0.1) is 0 Å². The fourth-order valence-corrected chi connectivity index (χ4v) is 16.7. The summed E-state index contributed by atoms with van der Waals surface area (Å²) in [4.78, 5) is 39.8. The Labute approximate surface area is 525 Å². The molecule has 86 heavy (non-hydrogen) atoms. The number of carbonyl (C=O) groups is 2. The Bertz CT molecular complexity index is 2020. The molecular weight excluding hydrogens is 1080 g/mol. The average molecular weight is 1210 g/mol. The maximum absolute atomic E-state index is 11.2. The molecule has 1 aliphatic carbocycles. The molecule has 13 aliphatic heterocycles. The molecule has 13 heterocycles. The van der Waals surface area contributed by atoms with Gasteiger partial charge in [0.25, 0.3) is 0 Å². The van der Waals surface area contributed by atoms with Crippen molar-refractivity contribution in [1.82, 2.24) is 44.9 Å². The number of carbonyl (C=O) groups excluding carboxylic acids is 2. The average Bonchev–Trinajstić information content (AvgIpc) is 2.60. The van der Waals surface area contributed by atoms with E-state index in [1.165, 1.54) is 142 Å². The van der Waals surface area contributed by atoms with Crippen LogP contribution < -0.4 is 10.6 Å². The molecule has 16 nitrogen and oxygen atoms in total. The van der Waals surface area contributed by atoms with E-state index in [2.05, 4.69) is 142 Å². The normalized spacial score (nSPS) is 32.7. The lowest BCUT2D eigenvalue weighted by atomic mass is 9.75. The van der Waals surface area contributed by atoms with Crippen LogP contribution in [0.1, 0.15) is 187 Å². The van der Waals surface area contributed by atoms with E-state index in [9.17, 15) is 9.59 Å². The molecule has 4 unspecified atom stereocenters. The predicted octanol–water partition coefficient (Wildman–Crippen LogP) is 8.34. The molecular formula is C70H131N9O7. The van der Waals surface area contributed by atoms with E-state index in [-0.39, 0.29) is 22.8 Å². The quantitative estimate of drug-likeness (QED) is 0.215. The fourth-order valence-electron chi connectivity index (χ4n) is 16.7. The van der Waals surface area contributed by atoms with Crippen LogP contribution in [-0.4, -0.2) is 257 Å². The Morgan fingerprint density at radius 3 is 1.23 bits per heavy atom. The minimum atomic E-state index is 0.235. The zero-order chi connectivity index (χ0) is 62.1. The Morgan fingerprint density at radius 1 is 0.407 bits per heavy atom. The lowest BCUT2D eigenvalue weighted by Crippen LogP contribution is -2.61. The van der Waals surface area contributed by atoms with Gasteiger partial charge in [0.15, 0.2) is 0 Å². The van der Waals surface area contributed by atoms with E-state index in [4.69, 9.17) is 24.1 Å². The summed E-state index contributed by atoms with van der Waals surface area (Å²) in [5.41, 5.74) is 2.57. The van der Waals surface area contributed by atoms with Gasteiger partial charge in [-0.1, -0.05) is 0 Å². The van der Waals surface area contributed by atoms with E-state index in [1.807, 2.05) is 0 Å². The topological polar surface area (TPSA) is 138 Å². The molecule has 0 aromatic carbocycles. The minimum Gasteiger partial charge on any atom is -0.396 e. The van der Waals surface area contributed by atoms with Gasteiger partial charge in [-0.3, -0.25) is 24.3 Å². The largest absolute Gasteiger partial charge is 0.396 e. The molecule has 4 atom stereocenters. The van der Waals surface area contributed by atoms with Crippen molar-refractivity contribution in [2.24, 2.45) is 44.8 Å². The highest BCUT2D eigenvalue weighted by molar-refractivity contribution is 5.80. The number of nitrogens with one attached hydrogen (secondary N) is 2. The molecule has 498 valence electrons. The number of aliphatic hydroxyl groups is 1. The van der Waals surface area contributed by atoms with Gasteiger partial charge in [0.05, 0.1) is 32.0 Å². The molecule has 14 aliphatic rings. The Hall–Kier alpha value is -1.54. The zero-order valence-electron chi connectivity index (χ0n) is 57.7. The molecule has 14 fully saturated rings. The number of aliphatic hydroxyl groups excluding tert-OH is 1. The van der Waals surface area contributed by atoms with Crippen molar-refractivity contribution in [3.05, 3.63) is 0 Å². The summed E-state index contributed by atoms with van der Waals surface area (Å²) in [5, 5.41) is 14.8. The van der Waals surface area contributed by atoms with Crippen molar-refractivity contribution in [3.63, 3.8) is 0 Å². The third kappa shape index (κ3) is 18.6. The molecule has 1 saturated carbocycles. The highest BCUT2D eigenvalue weighted by atomic mass is 16.5. The highest BCUT2D eigenvalue weighted by Crippen LogP contribution is 2.52. The van der Waals surface area contributed by atoms with Gasteiger partial charge in [0.2, 0.25) is 11.8 Å². The summed E-state index contributed by atoms with van der Waals surface area (Å²) in [6, 6.07) is 4.80. The number of hydrogen-bond acceptors (Lipinski definition) is 14. The smallest absolute Gasteiger partial charge is 0.220 e. The zero-order valence-corrected chi connectivity index (χ0v) is 57.7. The van der Waals surface area contributed by atoms with Gasteiger partial charge in [0.1, 0.15) is 0 Å². The summed E-state index contributed by atoms with van der Waals surface area (Å²) < 4.78 is 22.3. The standard InChI is InChI=1S/2C11H21NO.C10H18N2O.2C10H19NO.C9H16N2O.C9H17NO/c1-10(2)12-6-3-11(4-7-12)5-8-13-9-11;1-10(2)12-7-3-5-11(9-12)6-4-8-13-11;1-8(2)12-4-3-10(7-12)5-9(13)11-6-10;1-9(2)11-5-3-10(4-6-11)7-12-8-10;1-9(2)11-6-10(7-11)4-3-5-12-8-10;1-7(2)11-5-9(6-11)3-8(12)10-4-9;1-6(2)10-3-7-8(4-10)9(7)5-11/h2*10H,3-9H2,1-2H3;8H,3-7H2,1-2H3,(H,11,13);2*9H,3-8H2,1-2H3;7H,3-6H2,1-2H3,(H,10,12);6-9,11H,3-5H2,1-2H3. The van der Waals surface area contributed by atoms with Crippen molar-refractivity contribution >= 4 is 11.8 Å². The van der Waals surface area contributed by atoms with Crippen LogP contribution in [0, 0.1) is 44.8 Å². The number of nitrogens with zero attached hydrogens (tertiary/aromatic N) is 7. The predicted molar refractivity (Wildman–Crippen MR) is 348 cm³/mol. The maximum atomic E-state index is 11.2. The van der Waals surface area contributed by atoms with E-state index in [0.717, 1.165) is 128 Å². The van der Waals surface area contributed by atoms with E-state index in [0.29, 0.717) is 58.4 Å². The lowest BCUT2D eigenvalue weighted by molar-refractivity contribution is -0.141. The summed E-state index contributed by atoms with van der Waals surface area (Å²) in [6.07, 6.45) is 17.2. The molecule has 0 bridgehead atoms.